The smallest absolute Gasteiger partial charge is 0.211 e. The van der Waals surface area contributed by atoms with Gasteiger partial charge in [-0.05, 0) is 12.5 Å². The maximum absolute atomic E-state index is 9.83. The van der Waals surface area contributed by atoms with Gasteiger partial charge >= 0.3 is 0 Å². The number of rotatable bonds is 12. The fourth-order valence-corrected chi connectivity index (χ4v) is 3.51. The Hall–Kier alpha value is -0.113. The number of carbonyl (C=O) groups excluding carboxylic acids is 1. The van der Waals surface area contributed by atoms with Crippen LogP contribution >= 0.6 is 11.1 Å². The van der Waals surface area contributed by atoms with Crippen LogP contribution in [-0.4, -0.2) is 20.0 Å². The first-order chi connectivity index (χ1) is 8.56. The molecule has 0 aliphatic rings. The van der Waals surface area contributed by atoms with Crippen molar-refractivity contribution in [2.45, 2.75) is 76.9 Å². The van der Waals surface area contributed by atoms with Crippen molar-refractivity contribution in [3.63, 3.8) is 0 Å². The predicted molar refractivity (Wildman–Crippen MR) is 82.7 cm³/mol. The van der Waals surface area contributed by atoms with E-state index in [0.29, 0.717) is 6.54 Å². The lowest BCUT2D eigenvalue weighted by Gasteiger charge is -2.11. The van der Waals surface area contributed by atoms with Crippen molar-refractivity contribution in [1.29, 1.82) is 0 Å². The molecule has 0 N–H and O–H groups in total. The molecular formula is C14H28ClNOSi. The van der Waals surface area contributed by atoms with Crippen molar-refractivity contribution in [2.24, 2.45) is 4.99 Å². The van der Waals surface area contributed by atoms with E-state index in [4.69, 9.17) is 11.1 Å². The number of hydrogen-bond donors (Lipinski definition) is 0. The highest BCUT2D eigenvalue weighted by Gasteiger charge is 2.15. The monoisotopic (exact) mass is 289 g/mol. The quantitative estimate of drug-likeness (QED) is 0.158. The van der Waals surface area contributed by atoms with Gasteiger partial charge < -0.3 is 0 Å². The number of unbranched alkanes of at least 4 members (excludes halogenated alkanes) is 8. The second kappa shape index (κ2) is 11.9. The van der Waals surface area contributed by atoms with Crippen molar-refractivity contribution in [2.75, 3.05) is 6.54 Å². The van der Waals surface area contributed by atoms with E-state index in [-0.39, 0.29) is 0 Å². The third-order valence-corrected chi connectivity index (χ3v) is 5.22. The van der Waals surface area contributed by atoms with E-state index in [9.17, 15) is 4.79 Å². The maximum atomic E-state index is 9.83. The molecule has 0 atom stereocenters. The molecule has 0 saturated heterocycles. The van der Waals surface area contributed by atoms with Crippen LogP contribution in [0.1, 0.15) is 57.8 Å². The summed E-state index contributed by atoms with van der Waals surface area (Å²) in [4.78, 5) is 13.4. The van der Waals surface area contributed by atoms with Crippen LogP contribution < -0.4 is 0 Å². The van der Waals surface area contributed by atoms with Gasteiger partial charge in [0.05, 0.1) is 6.54 Å². The van der Waals surface area contributed by atoms with E-state index in [1.54, 1.807) is 6.08 Å². The largest absolute Gasteiger partial charge is 0.234 e. The molecule has 4 heteroatoms. The molecule has 0 bridgehead atoms. The van der Waals surface area contributed by atoms with E-state index in [1.165, 1.54) is 57.4 Å². The lowest BCUT2D eigenvalue weighted by atomic mass is 10.1. The van der Waals surface area contributed by atoms with E-state index in [1.807, 2.05) is 0 Å². The molecule has 0 aliphatic carbocycles. The van der Waals surface area contributed by atoms with Gasteiger partial charge in [0, 0.05) is 0 Å². The van der Waals surface area contributed by atoms with Gasteiger partial charge in [-0.15, -0.1) is 0 Å². The average Bonchev–Trinajstić information content (AvgIpc) is 2.29. The van der Waals surface area contributed by atoms with Crippen LogP contribution in [0.2, 0.25) is 19.1 Å². The SMILES string of the molecule is C[Si](C)(Cl)CCCCCCCCCCCN=C=O. The number of isocyanates is 1. The Morgan fingerprint density at radius 3 is 1.78 bits per heavy atom. The van der Waals surface area contributed by atoms with Gasteiger partial charge in [0.1, 0.15) is 7.38 Å². The summed E-state index contributed by atoms with van der Waals surface area (Å²) in [5.74, 6) is 0. The average molecular weight is 290 g/mol. The van der Waals surface area contributed by atoms with Gasteiger partial charge in [-0.25, -0.2) is 9.79 Å². The summed E-state index contributed by atoms with van der Waals surface area (Å²) >= 11 is 6.27. The van der Waals surface area contributed by atoms with Gasteiger partial charge in [-0.3, -0.25) is 0 Å². The molecule has 0 saturated carbocycles. The van der Waals surface area contributed by atoms with Gasteiger partial charge in [0.15, 0.2) is 0 Å². The van der Waals surface area contributed by atoms with E-state index in [2.05, 4.69) is 18.1 Å². The molecule has 0 rings (SSSR count). The molecule has 0 heterocycles. The number of hydrogen-bond acceptors (Lipinski definition) is 2. The molecule has 0 radical (unpaired) electrons. The molecule has 0 aromatic rings. The van der Waals surface area contributed by atoms with Crippen LogP contribution in [0.4, 0.5) is 0 Å². The minimum Gasteiger partial charge on any atom is -0.211 e. The first-order valence-corrected chi connectivity index (χ1v) is 11.5. The number of halogens is 1. The summed E-state index contributed by atoms with van der Waals surface area (Å²) in [7, 11) is -1.32. The maximum Gasteiger partial charge on any atom is 0.234 e. The van der Waals surface area contributed by atoms with Crippen LogP contribution in [0.3, 0.4) is 0 Å². The molecule has 0 aromatic carbocycles. The molecule has 0 spiro atoms. The normalized spacial score (nSPS) is 11.3. The van der Waals surface area contributed by atoms with Crippen LogP contribution in [0, 0.1) is 0 Å². The Kier molecular flexibility index (Phi) is 11.9. The molecule has 106 valence electrons. The minimum absolute atomic E-state index is 0.654. The first-order valence-electron chi connectivity index (χ1n) is 7.29. The van der Waals surface area contributed by atoms with Gasteiger partial charge in [-0.2, -0.15) is 11.1 Å². The number of nitrogens with zero attached hydrogens (tertiary/aromatic N) is 1. The van der Waals surface area contributed by atoms with Crippen molar-refractivity contribution in [3.05, 3.63) is 0 Å². The van der Waals surface area contributed by atoms with Crippen molar-refractivity contribution in [1.82, 2.24) is 0 Å². The summed E-state index contributed by atoms with van der Waals surface area (Å²) in [6, 6.07) is 1.26. The molecule has 0 unspecified atom stereocenters. The Bertz CT molecular complexity index is 234. The lowest BCUT2D eigenvalue weighted by Crippen LogP contribution is -2.14. The highest BCUT2D eigenvalue weighted by Crippen LogP contribution is 2.19. The van der Waals surface area contributed by atoms with Gasteiger partial charge in [0.2, 0.25) is 6.08 Å². The standard InChI is InChI=1S/C14H28ClNOSi/c1-18(2,15)13-11-9-7-5-3-4-6-8-10-12-16-14-17/h3-13H2,1-2H3. The molecule has 2 nitrogen and oxygen atoms in total. The second-order valence-corrected chi connectivity index (χ2v) is 12.6. The van der Waals surface area contributed by atoms with Crippen LogP contribution in [0.5, 0.6) is 0 Å². The lowest BCUT2D eigenvalue weighted by molar-refractivity contribution is 0.555. The van der Waals surface area contributed by atoms with Crippen molar-refractivity contribution in [3.8, 4) is 0 Å². The summed E-state index contributed by atoms with van der Waals surface area (Å²) in [6.07, 6.45) is 13.1. The highest BCUT2D eigenvalue weighted by molar-refractivity contribution is 7.19. The fraction of sp³-hybridized carbons (Fsp3) is 0.929. The minimum atomic E-state index is -1.32. The summed E-state index contributed by atoms with van der Waals surface area (Å²) in [5, 5.41) is 0. The Balaban J connectivity index is 3.05. The van der Waals surface area contributed by atoms with Gasteiger partial charge in [0.25, 0.3) is 0 Å². The molecule has 0 amide bonds. The topological polar surface area (TPSA) is 29.4 Å². The summed E-state index contributed by atoms with van der Waals surface area (Å²) in [6.45, 7) is 5.11. The molecular weight excluding hydrogens is 262 g/mol. The molecule has 0 aromatic heterocycles. The van der Waals surface area contributed by atoms with Gasteiger partial charge in [-0.1, -0.05) is 64.5 Å². The Morgan fingerprint density at radius 1 is 0.889 bits per heavy atom. The summed E-state index contributed by atoms with van der Waals surface area (Å²) in [5.41, 5.74) is 0. The van der Waals surface area contributed by atoms with E-state index < -0.39 is 7.38 Å². The number of aliphatic imine (C=N–C) groups is 1. The predicted octanol–water partition coefficient (Wildman–Crippen LogP) is 5.28. The first kappa shape index (κ1) is 17.9. The van der Waals surface area contributed by atoms with E-state index >= 15 is 0 Å². The fourth-order valence-electron chi connectivity index (χ4n) is 2.02. The zero-order valence-corrected chi connectivity index (χ0v) is 13.8. The summed E-state index contributed by atoms with van der Waals surface area (Å²) < 4.78 is 0. The zero-order chi connectivity index (χ0) is 13.7. The third-order valence-electron chi connectivity index (χ3n) is 3.11. The zero-order valence-electron chi connectivity index (χ0n) is 12.0. The Labute approximate surface area is 118 Å². The highest BCUT2D eigenvalue weighted by atomic mass is 35.6. The van der Waals surface area contributed by atoms with E-state index in [0.717, 1.165) is 6.42 Å². The van der Waals surface area contributed by atoms with Crippen LogP contribution in [0.15, 0.2) is 4.99 Å². The van der Waals surface area contributed by atoms with Crippen LogP contribution in [-0.2, 0) is 4.79 Å². The molecule has 0 fully saturated rings. The third kappa shape index (κ3) is 15.9. The van der Waals surface area contributed by atoms with Crippen LogP contribution in [0.25, 0.3) is 0 Å². The van der Waals surface area contributed by atoms with Crippen molar-refractivity contribution >= 4 is 24.5 Å². The molecule has 0 aliphatic heterocycles. The van der Waals surface area contributed by atoms with Crippen molar-refractivity contribution < 1.29 is 4.79 Å². The Morgan fingerprint density at radius 2 is 1.33 bits per heavy atom. The second-order valence-electron chi connectivity index (χ2n) is 5.62. The molecule has 18 heavy (non-hydrogen) atoms.